The molecule has 0 bridgehead atoms. The SMILES string of the molecule is CCOCCOCC(O)CNC(C)C1CCCCC1. The summed E-state index contributed by atoms with van der Waals surface area (Å²) in [5, 5.41) is 13.3. The first kappa shape index (κ1) is 16.9. The Morgan fingerprint density at radius 2 is 1.84 bits per heavy atom. The maximum Gasteiger partial charge on any atom is 0.0897 e. The Morgan fingerprint density at radius 3 is 2.53 bits per heavy atom. The summed E-state index contributed by atoms with van der Waals surface area (Å²) in [6.07, 6.45) is 6.34. The molecule has 2 atom stereocenters. The van der Waals surface area contributed by atoms with Gasteiger partial charge in [0.05, 0.1) is 25.9 Å². The highest BCUT2D eigenvalue weighted by atomic mass is 16.5. The van der Waals surface area contributed by atoms with Crippen molar-refractivity contribution in [2.75, 3.05) is 33.0 Å². The van der Waals surface area contributed by atoms with E-state index in [1.807, 2.05) is 6.92 Å². The van der Waals surface area contributed by atoms with Gasteiger partial charge in [0.1, 0.15) is 0 Å². The molecule has 19 heavy (non-hydrogen) atoms. The summed E-state index contributed by atoms with van der Waals surface area (Å²) in [5.74, 6) is 0.778. The second kappa shape index (κ2) is 10.6. The predicted octanol–water partition coefficient (Wildman–Crippen LogP) is 1.96. The van der Waals surface area contributed by atoms with Crippen LogP contribution in [-0.4, -0.2) is 50.2 Å². The van der Waals surface area contributed by atoms with Crippen LogP contribution in [-0.2, 0) is 9.47 Å². The smallest absolute Gasteiger partial charge is 0.0897 e. The van der Waals surface area contributed by atoms with Gasteiger partial charge in [-0.2, -0.15) is 0 Å². The summed E-state index contributed by atoms with van der Waals surface area (Å²) < 4.78 is 10.5. The van der Waals surface area contributed by atoms with Gasteiger partial charge in [-0.3, -0.25) is 0 Å². The van der Waals surface area contributed by atoms with E-state index in [0.29, 0.717) is 39.0 Å². The van der Waals surface area contributed by atoms with E-state index in [4.69, 9.17) is 9.47 Å². The fraction of sp³-hybridized carbons (Fsp3) is 1.00. The minimum absolute atomic E-state index is 0.386. The highest BCUT2D eigenvalue weighted by molar-refractivity contribution is 4.76. The molecule has 4 nitrogen and oxygen atoms in total. The number of nitrogens with one attached hydrogen (secondary N) is 1. The molecular weight excluding hydrogens is 242 g/mol. The Bertz CT molecular complexity index is 208. The Balaban J connectivity index is 2.00. The minimum Gasteiger partial charge on any atom is -0.389 e. The van der Waals surface area contributed by atoms with Gasteiger partial charge >= 0.3 is 0 Å². The van der Waals surface area contributed by atoms with Gasteiger partial charge in [-0.15, -0.1) is 0 Å². The second-order valence-corrected chi connectivity index (χ2v) is 5.52. The average molecular weight is 273 g/mol. The number of hydrogen-bond donors (Lipinski definition) is 2. The summed E-state index contributed by atoms with van der Waals surface area (Å²) in [5.41, 5.74) is 0. The maximum atomic E-state index is 9.82. The molecule has 0 heterocycles. The molecule has 1 aliphatic rings. The van der Waals surface area contributed by atoms with Gasteiger partial charge < -0.3 is 19.9 Å². The van der Waals surface area contributed by atoms with E-state index in [-0.39, 0.29) is 0 Å². The van der Waals surface area contributed by atoms with Crippen LogP contribution in [0.2, 0.25) is 0 Å². The predicted molar refractivity (Wildman–Crippen MR) is 77.4 cm³/mol. The highest BCUT2D eigenvalue weighted by Crippen LogP contribution is 2.26. The lowest BCUT2D eigenvalue weighted by Gasteiger charge is -2.29. The number of hydrogen-bond acceptors (Lipinski definition) is 4. The van der Waals surface area contributed by atoms with Crippen molar-refractivity contribution in [3.63, 3.8) is 0 Å². The molecule has 2 unspecified atom stereocenters. The lowest BCUT2D eigenvalue weighted by Crippen LogP contribution is -2.40. The van der Waals surface area contributed by atoms with Crippen LogP contribution in [0.4, 0.5) is 0 Å². The monoisotopic (exact) mass is 273 g/mol. The van der Waals surface area contributed by atoms with Gasteiger partial charge in [0.2, 0.25) is 0 Å². The van der Waals surface area contributed by atoms with Crippen LogP contribution < -0.4 is 5.32 Å². The molecule has 1 fully saturated rings. The van der Waals surface area contributed by atoms with E-state index in [9.17, 15) is 5.11 Å². The van der Waals surface area contributed by atoms with Crippen molar-refractivity contribution in [2.24, 2.45) is 5.92 Å². The molecular formula is C15H31NO3. The summed E-state index contributed by atoms with van der Waals surface area (Å²) in [4.78, 5) is 0. The third kappa shape index (κ3) is 7.88. The quantitative estimate of drug-likeness (QED) is 0.597. The minimum atomic E-state index is -0.423. The van der Waals surface area contributed by atoms with Crippen molar-refractivity contribution in [3.8, 4) is 0 Å². The molecule has 0 saturated heterocycles. The first-order valence-corrected chi connectivity index (χ1v) is 7.81. The van der Waals surface area contributed by atoms with Crippen LogP contribution in [0.15, 0.2) is 0 Å². The van der Waals surface area contributed by atoms with Gasteiger partial charge in [-0.1, -0.05) is 19.3 Å². The molecule has 114 valence electrons. The van der Waals surface area contributed by atoms with Crippen molar-refractivity contribution >= 4 is 0 Å². The van der Waals surface area contributed by atoms with Crippen LogP contribution in [0.3, 0.4) is 0 Å². The molecule has 0 radical (unpaired) electrons. The zero-order valence-electron chi connectivity index (χ0n) is 12.6. The summed E-state index contributed by atoms with van der Waals surface area (Å²) >= 11 is 0. The van der Waals surface area contributed by atoms with E-state index < -0.39 is 6.10 Å². The second-order valence-electron chi connectivity index (χ2n) is 5.52. The molecule has 2 N–H and O–H groups in total. The van der Waals surface area contributed by atoms with Crippen LogP contribution in [0.1, 0.15) is 46.0 Å². The average Bonchev–Trinajstić information content (AvgIpc) is 2.45. The summed E-state index contributed by atoms with van der Waals surface area (Å²) in [6.45, 7) is 7.08. The van der Waals surface area contributed by atoms with Crippen molar-refractivity contribution < 1.29 is 14.6 Å². The van der Waals surface area contributed by atoms with Crippen LogP contribution in [0.5, 0.6) is 0 Å². The number of aliphatic hydroxyl groups is 1. The van der Waals surface area contributed by atoms with Crippen LogP contribution in [0.25, 0.3) is 0 Å². The topological polar surface area (TPSA) is 50.7 Å². The van der Waals surface area contributed by atoms with Crippen molar-refractivity contribution in [1.29, 1.82) is 0 Å². The molecule has 1 saturated carbocycles. The molecule has 0 aliphatic heterocycles. The fourth-order valence-corrected chi connectivity index (χ4v) is 2.66. The Hall–Kier alpha value is -0.160. The van der Waals surface area contributed by atoms with Crippen molar-refractivity contribution in [1.82, 2.24) is 5.32 Å². The van der Waals surface area contributed by atoms with E-state index in [1.54, 1.807) is 0 Å². The van der Waals surface area contributed by atoms with Crippen molar-refractivity contribution in [3.05, 3.63) is 0 Å². The third-order valence-corrected chi connectivity index (χ3v) is 3.92. The number of ether oxygens (including phenoxy) is 2. The zero-order valence-corrected chi connectivity index (χ0v) is 12.6. The van der Waals surface area contributed by atoms with E-state index in [1.165, 1.54) is 32.1 Å². The normalized spacial score (nSPS) is 20.4. The van der Waals surface area contributed by atoms with E-state index >= 15 is 0 Å². The lowest BCUT2D eigenvalue weighted by atomic mass is 9.84. The fourth-order valence-electron chi connectivity index (χ4n) is 2.66. The van der Waals surface area contributed by atoms with Gasteiger partial charge in [-0.05, 0) is 32.6 Å². The summed E-state index contributed by atoms with van der Waals surface area (Å²) in [6, 6.07) is 0.498. The largest absolute Gasteiger partial charge is 0.389 e. The first-order valence-electron chi connectivity index (χ1n) is 7.81. The molecule has 4 heteroatoms. The van der Waals surface area contributed by atoms with E-state index in [0.717, 1.165) is 5.92 Å². The molecule has 0 aromatic carbocycles. The molecule has 0 aromatic rings. The molecule has 0 spiro atoms. The Morgan fingerprint density at radius 1 is 1.16 bits per heavy atom. The highest BCUT2D eigenvalue weighted by Gasteiger charge is 2.20. The number of rotatable bonds is 10. The lowest BCUT2D eigenvalue weighted by molar-refractivity contribution is 0.00515. The van der Waals surface area contributed by atoms with E-state index in [2.05, 4.69) is 12.2 Å². The van der Waals surface area contributed by atoms with Crippen LogP contribution in [0, 0.1) is 5.92 Å². The van der Waals surface area contributed by atoms with Gasteiger partial charge in [-0.25, -0.2) is 0 Å². The van der Waals surface area contributed by atoms with Gasteiger partial charge in [0.25, 0.3) is 0 Å². The van der Waals surface area contributed by atoms with Crippen LogP contribution >= 0.6 is 0 Å². The zero-order chi connectivity index (χ0) is 13.9. The first-order chi connectivity index (χ1) is 9.24. The molecule has 1 aliphatic carbocycles. The molecule has 0 aromatic heterocycles. The van der Waals surface area contributed by atoms with Gasteiger partial charge in [0.15, 0.2) is 0 Å². The molecule has 1 rings (SSSR count). The summed E-state index contributed by atoms with van der Waals surface area (Å²) in [7, 11) is 0. The third-order valence-electron chi connectivity index (χ3n) is 3.92. The number of aliphatic hydroxyl groups excluding tert-OH is 1. The maximum absolute atomic E-state index is 9.82. The standard InChI is InChI=1S/C15H31NO3/c1-3-18-9-10-19-12-15(17)11-16-13(2)14-7-5-4-6-8-14/h13-17H,3-12H2,1-2H3. The Kier molecular flexibility index (Phi) is 9.43. The molecule has 0 amide bonds. The van der Waals surface area contributed by atoms with Crippen molar-refractivity contribution in [2.45, 2.75) is 58.1 Å². The Labute approximate surface area is 117 Å². The van der Waals surface area contributed by atoms with Gasteiger partial charge in [0, 0.05) is 19.2 Å².